The van der Waals surface area contributed by atoms with Crippen molar-refractivity contribution in [3.8, 4) is 11.1 Å². The molecule has 0 aliphatic heterocycles. The van der Waals surface area contributed by atoms with Crippen LogP contribution in [0.4, 0.5) is 8.78 Å². The second-order valence-corrected chi connectivity index (χ2v) is 6.33. The van der Waals surface area contributed by atoms with E-state index < -0.39 is 0 Å². The van der Waals surface area contributed by atoms with E-state index in [1.807, 2.05) is 43.3 Å². The molecule has 0 N–H and O–H groups in total. The molecule has 0 heterocycles. The molecule has 0 amide bonds. The van der Waals surface area contributed by atoms with Crippen molar-refractivity contribution in [2.45, 2.75) is 19.8 Å². The maximum Gasteiger partial charge on any atom is 0.131 e. The number of hydrogen-bond donors (Lipinski definition) is 0. The lowest BCUT2D eigenvalue weighted by Crippen LogP contribution is -2.01. The Hall–Kier alpha value is -2.74. The molecular weight excluding hydrogens is 314 g/mol. The van der Waals surface area contributed by atoms with Crippen LogP contribution in [0.1, 0.15) is 23.1 Å². The fourth-order valence-corrected chi connectivity index (χ4v) is 3.09. The SMILES string of the molecule is C=C/C(F)=C\C(=C)C1=Cc2ccc(-c3ccc(C)cc3F)cc2CC1. The van der Waals surface area contributed by atoms with Crippen LogP contribution in [-0.4, -0.2) is 0 Å². The highest BCUT2D eigenvalue weighted by Crippen LogP contribution is 2.32. The van der Waals surface area contributed by atoms with Gasteiger partial charge in [0.2, 0.25) is 0 Å². The Bertz CT molecular complexity index is 914. The predicted molar refractivity (Wildman–Crippen MR) is 101 cm³/mol. The fourth-order valence-electron chi connectivity index (χ4n) is 3.09. The highest BCUT2D eigenvalue weighted by molar-refractivity contribution is 5.72. The van der Waals surface area contributed by atoms with E-state index >= 15 is 0 Å². The summed E-state index contributed by atoms with van der Waals surface area (Å²) in [7, 11) is 0. The first-order valence-corrected chi connectivity index (χ1v) is 8.27. The standard InChI is InChI=1S/C23H20F2/c1-4-21(24)12-16(3)17-6-7-19-14-20(9-8-18(19)13-17)22-10-5-15(2)11-23(22)25/h4-5,8-14H,1,3,6-7H2,2H3/b21-12+. The Morgan fingerprint density at radius 2 is 1.92 bits per heavy atom. The second-order valence-electron chi connectivity index (χ2n) is 6.33. The number of allylic oxidation sites excluding steroid dienone is 5. The van der Waals surface area contributed by atoms with E-state index in [-0.39, 0.29) is 11.6 Å². The molecule has 1 aliphatic carbocycles. The van der Waals surface area contributed by atoms with Gasteiger partial charge in [-0.2, -0.15) is 0 Å². The quantitative estimate of drug-likeness (QED) is 0.544. The average molecular weight is 334 g/mol. The van der Waals surface area contributed by atoms with Crippen molar-refractivity contribution in [3.63, 3.8) is 0 Å². The van der Waals surface area contributed by atoms with Crippen LogP contribution in [0.15, 0.2) is 78.7 Å². The Morgan fingerprint density at radius 3 is 2.64 bits per heavy atom. The van der Waals surface area contributed by atoms with E-state index in [0.717, 1.165) is 35.1 Å². The monoisotopic (exact) mass is 334 g/mol. The summed E-state index contributed by atoms with van der Waals surface area (Å²) in [6.07, 6.45) is 6.21. The van der Waals surface area contributed by atoms with Gasteiger partial charge in [-0.05, 0) is 71.4 Å². The first-order chi connectivity index (χ1) is 12.0. The van der Waals surface area contributed by atoms with Crippen molar-refractivity contribution in [1.29, 1.82) is 0 Å². The topological polar surface area (TPSA) is 0 Å². The molecule has 1 aliphatic rings. The lowest BCUT2D eigenvalue weighted by Gasteiger charge is -2.18. The van der Waals surface area contributed by atoms with Gasteiger partial charge in [-0.25, -0.2) is 8.78 Å². The summed E-state index contributed by atoms with van der Waals surface area (Å²) in [6.45, 7) is 9.23. The lowest BCUT2D eigenvalue weighted by atomic mass is 9.87. The summed E-state index contributed by atoms with van der Waals surface area (Å²) >= 11 is 0. The molecule has 0 fully saturated rings. The maximum absolute atomic E-state index is 14.2. The number of fused-ring (bicyclic) bond motifs is 1. The van der Waals surface area contributed by atoms with Crippen molar-refractivity contribution in [3.05, 3.63) is 101 Å². The van der Waals surface area contributed by atoms with E-state index in [0.29, 0.717) is 11.1 Å². The third kappa shape index (κ3) is 3.69. The van der Waals surface area contributed by atoms with Crippen molar-refractivity contribution in [1.82, 2.24) is 0 Å². The number of benzene rings is 2. The summed E-state index contributed by atoms with van der Waals surface area (Å²) in [5.74, 6) is -0.590. The van der Waals surface area contributed by atoms with Gasteiger partial charge in [-0.15, -0.1) is 0 Å². The van der Waals surface area contributed by atoms with Gasteiger partial charge >= 0.3 is 0 Å². The summed E-state index contributed by atoms with van der Waals surface area (Å²) in [4.78, 5) is 0. The third-order valence-corrected chi connectivity index (χ3v) is 4.49. The Balaban J connectivity index is 1.93. The van der Waals surface area contributed by atoms with Crippen LogP contribution in [0.3, 0.4) is 0 Å². The summed E-state index contributed by atoms with van der Waals surface area (Å²) in [6, 6.07) is 11.2. The summed E-state index contributed by atoms with van der Waals surface area (Å²) in [5.41, 5.74) is 6.32. The van der Waals surface area contributed by atoms with E-state index in [9.17, 15) is 8.78 Å². The van der Waals surface area contributed by atoms with Crippen LogP contribution >= 0.6 is 0 Å². The molecule has 126 valence electrons. The number of hydrogen-bond acceptors (Lipinski definition) is 0. The Labute approximate surface area is 147 Å². The van der Waals surface area contributed by atoms with Gasteiger partial charge < -0.3 is 0 Å². The van der Waals surface area contributed by atoms with E-state index in [2.05, 4.69) is 13.2 Å². The zero-order valence-electron chi connectivity index (χ0n) is 14.3. The van der Waals surface area contributed by atoms with Crippen LogP contribution in [0.2, 0.25) is 0 Å². The molecule has 0 saturated heterocycles. The Morgan fingerprint density at radius 1 is 1.12 bits per heavy atom. The molecule has 0 nitrogen and oxygen atoms in total. The Kier molecular flexibility index (Phi) is 4.80. The number of aryl methyl sites for hydroxylation is 2. The van der Waals surface area contributed by atoms with Crippen molar-refractivity contribution in [2.24, 2.45) is 0 Å². The van der Waals surface area contributed by atoms with Gasteiger partial charge in [-0.1, -0.05) is 49.6 Å². The summed E-state index contributed by atoms with van der Waals surface area (Å²) < 4.78 is 27.6. The molecule has 0 atom stereocenters. The van der Waals surface area contributed by atoms with Crippen LogP contribution in [-0.2, 0) is 6.42 Å². The van der Waals surface area contributed by atoms with Gasteiger partial charge in [0, 0.05) is 5.56 Å². The van der Waals surface area contributed by atoms with E-state index in [1.54, 1.807) is 6.07 Å². The molecule has 0 saturated carbocycles. The molecule has 0 unspecified atom stereocenters. The molecule has 0 aromatic heterocycles. The first kappa shape index (κ1) is 17.1. The third-order valence-electron chi connectivity index (χ3n) is 4.49. The van der Waals surface area contributed by atoms with Crippen molar-refractivity contribution in [2.75, 3.05) is 0 Å². The molecule has 2 aromatic carbocycles. The van der Waals surface area contributed by atoms with Crippen LogP contribution < -0.4 is 0 Å². The minimum atomic E-state index is -0.387. The van der Waals surface area contributed by atoms with Gasteiger partial charge in [0.1, 0.15) is 11.6 Å². The fraction of sp³-hybridized carbons (Fsp3) is 0.130. The molecule has 25 heavy (non-hydrogen) atoms. The molecular formula is C23H20F2. The zero-order chi connectivity index (χ0) is 18.0. The van der Waals surface area contributed by atoms with Crippen molar-refractivity contribution >= 4 is 6.08 Å². The number of halogens is 2. The highest BCUT2D eigenvalue weighted by Gasteiger charge is 2.14. The summed E-state index contributed by atoms with van der Waals surface area (Å²) in [5, 5.41) is 0. The highest BCUT2D eigenvalue weighted by atomic mass is 19.1. The maximum atomic E-state index is 14.2. The van der Waals surface area contributed by atoms with Gasteiger partial charge in [0.15, 0.2) is 0 Å². The van der Waals surface area contributed by atoms with Gasteiger partial charge in [-0.3, -0.25) is 0 Å². The van der Waals surface area contributed by atoms with Gasteiger partial charge in [0.05, 0.1) is 0 Å². The largest absolute Gasteiger partial charge is 0.207 e. The van der Waals surface area contributed by atoms with Crippen LogP contribution in [0.25, 0.3) is 17.2 Å². The van der Waals surface area contributed by atoms with Crippen LogP contribution in [0.5, 0.6) is 0 Å². The molecule has 0 radical (unpaired) electrons. The molecule has 0 spiro atoms. The molecule has 0 bridgehead atoms. The minimum absolute atomic E-state index is 0.203. The molecule has 2 heteroatoms. The smallest absolute Gasteiger partial charge is 0.131 e. The van der Waals surface area contributed by atoms with Crippen molar-refractivity contribution < 1.29 is 8.78 Å². The molecule has 2 aromatic rings. The van der Waals surface area contributed by atoms with Crippen LogP contribution in [0, 0.1) is 12.7 Å². The lowest BCUT2D eigenvalue weighted by molar-refractivity contribution is 0.630. The van der Waals surface area contributed by atoms with E-state index in [4.69, 9.17) is 0 Å². The second kappa shape index (κ2) is 7.02. The normalized spacial score (nSPS) is 13.9. The first-order valence-electron chi connectivity index (χ1n) is 8.27. The predicted octanol–water partition coefficient (Wildman–Crippen LogP) is 6.73. The van der Waals surface area contributed by atoms with E-state index in [1.165, 1.54) is 17.7 Å². The number of rotatable bonds is 4. The minimum Gasteiger partial charge on any atom is -0.207 e. The van der Waals surface area contributed by atoms with Gasteiger partial charge in [0.25, 0.3) is 0 Å². The zero-order valence-corrected chi connectivity index (χ0v) is 14.3. The molecule has 3 rings (SSSR count). The average Bonchev–Trinajstić information content (AvgIpc) is 2.60.